The normalized spacial score (nSPS) is 13.9. The van der Waals surface area contributed by atoms with Crippen molar-refractivity contribution >= 4 is 0 Å². The van der Waals surface area contributed by atoms with Gasteiger partial charge in [-0.05, 0) is 43.2 Å². The molecule has 6 nitrogen and oxygen atoms in total. The van der Waals surface area contributed by atoms with Crippen LogP contribution < -0.4 is 0 Å². The summed E-state index contributed by atoms with van der Waals surface area (Å²) < 4.78 is 7.79. The summed E-state index contributed by atoms with van der Waals surface area (Å²) in [4.78, 5) is 4.10. The first kappa shape index (κ1) is 14.1. The summed E-state index contributed by atoms with van der Waals surface area (Å²) in [7, 11) is 0. The highest BCUT2D eigenvalue weighted by atomic mass is 16.4. The van der Waals surface area contributed by atoms with Crippen molar-refractivity contribution in [2.75, 3.05) is 0 Å². The zero-order valence-electron chi connectivity index (χ0n) is 13.4. The molecule has 1 fully saturated rings. The molecule has 1 saturated carbocycles. The second-order valence-electron chi connectivity index (χ2n) is 6.13. The minimum Gasteiger partial charge on any atom is -0.415 e. The molecule has 25 heavy (non-hydrogen) atoms. The molecule has 0 bridgehead atoms. The third kappa shape index (κ3) is 2.61. The van der Waals surface area contributed by atoms with Crippen LogP contribution in [0.25, 0.3) is 28.7 Å². The fourth-order valence-electron chi connectivity index (χ4n) is 2.83. The lowest BCUT2D eigenvalue weighted by Crippen LogP contribution is -1.99. The molecule has 0 amide bonds. The average molecular weight is 329 g/mol. The third-order valence-corrected chi connectivity index (χ3v) is 4.28. The van der Waals surface area contributed by atoms with Crippen molar-refractivity contribution in [3.8, 4) is 28.7 Å². The van der Waals surface area contributed by atoms with Crippen LogP contribution in [0.1, 0.15) is 24.5 Å². The molecule has 0 N–H and O–H groups in total. The Morgan fingerprint density at radius 3 is 2.56 bits per heavy atom. The quantitative estimate of drug-likeness (QED) is 0.568. The molecule has 5 rings (SSSR count). The zero-order valence-corrected chi connectivity index (χ0v) is 13.4. The van der Waals surface area contributed by atoms with E-state index in [0.29, 0.717) is 17.7 Å². The summed E-state index contributed by atoms with van der Waals surface area (Å²) in [6.07, 6.45) is 5.81. The van der Waals surface area contributed by atoms with Gasteiger partial charge in [0.25, 0.3) is 5.89 Å². The van der Waals surface area contributed by atoms with Crippen LogP contribution >= 0.6 is 0 Å². The molecule has 3 heterocycles. The van der Waals surface area contributed by atoms with E-state index < -0.39 is 0 Å². The Morgan fingerprint density at radius 2 is 1.80 bits per heavy atom. The Morgan fingerprint density at radius 1 is 0.960 bits per heavy atom. The molecule has 0 atom stereocenters. The molecule has 4 aromatic rings. The molecular weight excluding hydrogens is 314 g/mol. The van der Waals surface area contributed by atoms with Crippen LogP contribution in [-0.4, -0.2) is 25.0 Å². The fraction of sp³-hybridized carbons (Fsp3) is 0.158. The molecule has 122 valence electrons. The minimum atomic E-state index is 0.455. The summed E-state index contributed by atoms with van der Waals surface area (Å²) in [6.45, 7) is 0. The van der Waals surface area contributed by atoms with Crippen molar-refractivity contribution in [2.24, 2.45) is 0 Å². The molecule has 0 spiro atoms. The highest BCUT2D eigenvalue weighted by Gasteiger charge is 2.29. The van der Waals surface area contributed by atoms with E-state index in [4.69, 9.17) is 9.52 Å². The molecule has 0 aliphatic heterocycles. The standard InChI is InChI=1S/C19H15N5O/c1-2-6-15(7-3-1)24-17(11-16(23-24)13-8-9-13)19-22-21-18(25-19)14-5-4-10-20-12-14/h1-7,10-13H,8-9H2. The van der Waals surface area contributed by atoms with Crippen LogP contribution in [0.5, 0.6) is 0 Å². The molecule has 0 unspecified atom stereocenters. The summed E-state index contributed by atoms with van der Waals surface area (Å²) in [5, 5.41) is 13.2. The lowest BCUT2D eigenvalue weighted by Gasteiger charge is -2.03. The number of nitrogens with zero attached hydrogens (tertiary/aromatic N) is 5. The van der Waals surface area contributed by atoms with Gasteiger partial charge < -0.3 is 4.42 Å². The van der Waals surface area contributed by atoms with Gasteiger partial charge in [0.2, 0.25) is 5.89 Å². The molecule has 1 aliphatic rings. The predicted octanol–water partition coefficient (Wildman–Crippen LogP) is 3.86. The van der Waals surface area contributed by atoms with E-state index in [-0.39, 0.29) is 0 Å². The smallest absolute Gasteiger partial charge is 0.266 e. The number of hydrogen-bond acceptors (Lipinski definition) is 5. The maximum atomic E-state index is 5.91. The summed E-state index contributed by atoms with van der Waals surface area (Å²) in [5.74, 6) is 1.46. The number of benzene rings is 1. The molecular formula is C19H15N5O. The monoisotopic (exact) mass is 329 g/mol. The number of aromatic nitrogens is 5. The molecule has 1 aliphatic carbocycles. The molecule has 6 heteroatoms. The largest absolute Gasteiger partial charge is 0.415 e. The van der Waals surface area contributed by atoms with Crippen molar-refractivity contribution < 1.29 is 4.42 Å². The van der Waals surface area contributed by atoms with Gasteiger partial charge in [-0.25, -0.2) is 4.68 Å². The minimum absolute atomic E-state index is 0.455. The number of rotatable bonds is 4. The van der Waals surface area contributed by atoms with Crippen molar-refractivity contribution in [3.05, 3.63) is 66.6 Å². The lowest BCUT2D eigenvalue weighted by molar-refractivity contribution is 0.578. The maximum absolute atomic E-state index is 5.91. The number of para-hydroxylation sites is 1. The van der Waals surface area contributed by atoms with Gasteiger partial charge in [0.15, 0.2) is 0 Å². The van der Waals surface area contributed by atoms with Gasteiger partial charge in [-0.1, -0.05) is 18.2 Å². The van der Waals surface area contributed by atoms with E-state index in [2.05, 4.69) is 21.2 Å². The van der Waals surface area contributed by atoms with Crippen LogP contribution in [0.3, 0.4) is 0 Å². The Labute approximate surface area is 144 Å². The van der Waals surface area contributed by atoms with Gasteiger partial charge >= 0.3 is 0 Å². The second kappa shape index (κ2) is 5.66. The van der Waals surface area contributed by atoms with Crippen LogP contribution in [0.2, 0.25) is 0 Å². The highest BCUT2D eigenvalue weighted by Crippen LogP contribution is 2.41. The van der Waals surface area contributed by atoms with E-state index in [1.54, 1.807) is 12.4 Å². The van der Waals surface area contributed by atoms with Crippen molar-refractivity contribution in [2.45, 2.75) is 18.8 Å². The summed E-state index contributed by atoms with van der Waals surface area (Å²) >= 11 is 0. The lowest BCUT2D eigenvalue weighted by atomic mass is 10.2. The number of pyridine rings is 1. The predicted molar refractivity (Wildman–Crippen MR) is 92.1 cm³/mol. The van der Waals surface area contributed by atoms with E-state index in [9.17, 15) is 0 Å². The van der Waals surface area contributed by atoms with Crippen LogP contribution in [0.4, 0.5) is 0 Å². The molecule has 3 aromatic heterocycles. The Balaban J connectivity index is 1.61. The second-order valence-corrected chi connectivity index (χ2v) is 6.13. The Bertz CT molecular complexity index is 1000. The topological polar surface area (TPSA) is 69.6 Å². The van der Waals surface area contributed by atoms with E-state index >= 15 is 0 Å². The van der Waals surface area contributed by atoms with Gasteiger partial charge in [0, 0.05) is 18.3 Å². The fourth-order valence-corrected chi connectivity index (χ4v) is 2.83. The Hall–Kier alpha value is -3.28. The maximum Gasteiger partial charge on any atom is 0.266 e. The molecule has 0 saturated heterocycles. The van der Waals surface area contributed by atoms with Crippen LogP contribution in [0, 0.1) is 0 Å². The van der Waals surface area contributed by atoms with Crippen molar-refractivity contribution in [1.82, 2.24) is 25.0 Å². The summed E-state index contributed by atoms with van der Waals surface area (Å²) in [6, 6.07) is 15.8. The van der Waals surface area contributed by atoms with E-state index in [0.717, 1.165) is 22.6 Å². The van der Waals surface area contributed by atoms with Crippen LogP contribution in [0.15, 0.2) is 65.3 Å². The number of hydrogen-bond donors (Lipinski definition) is 0. The summed E-state index contributed by atoms with van der Waals surface area (Å²) in [5.41, 5.74) is 3.68. The highest BCUT2D eigenvalue weighted by molar-refractivity contribution is 5.57. The van der Waals surface area contributed by atoms with E-state index in [1.807, 2.05) is 47.1 Å². The van der Waals surface area contributed by atoms with E-state index in [1.165, 1.54) is 12.8 Å². The average Bonchev–Trinajstić information content (AvgIpc) is 3.24. The van der Waals surface area contributed by atoms with Crippen molar-refractivity contribution in [1.29, 1.82) is 0 Å². The SMILES string of the molecule is c1ccc(-n2nc(C3CC3)cc2-c2nnc(-c3cccnc3)o2)cc1. The first-order chi connectivity index (χ1) is 12.4. The van der Waals surface area contributed by atoms with Gasteiger partial charge in [-0.3, -0.25) is 4.98 Å². The molecule has 1 aromatic carbocycles. The van der Waals surface area contributed by atoms with Crippen molar-refractivity contribution in [3.63, 3.8) is 0 Å². The van der Waals surface area contributed by atoms with Gasteiger partial charge in [-0.2, -0.15) is 5.10 Å². The Kier molecular flexibility index (Phi) is 3.19. The third-order valence-electron chi connectivity index (χ3n) is 4.28. The van der Waals surface area contributed by atoms with Crippen LogP contribution in [-0.2, 0) is 0 Å². The van der Waals surface area contributed by atoms with Gasteiger partial charge in [0.05, 0.1) is 16.9 Å². The van der Waals surface area contributed by atoms with Gasteiger partial charge in [-0.15, -0.1) is 10.2 Å². The first-order valence-corrected chi connectivity index (χ1v) is 8.28. The molecule has 0 radical (unpaired) electrons. The van der Waals surface area contributed by atoms with Gasteiger partial charge in [0.1, 0.15) is 5.69 Å². The zero-order chi connectivity index (χ0) is 16.6. The first-order valence-electron chi connectivity index (χ1n) is 8.28.